The number of nitrogens with zero attached hydrogens (tertiary/aromatic N) is 4. The van der Waals surface area contributed by atoms with E-state index in [1.54, 1.807) is 6.21 Å². The molecule has 8 nitrogen and oxygen atoms in total. The molecule has 0 unspecified atom stereocenters. The average Bonchev–Trinajstić information content (AvgIpc) is 3.05. The van der Waals surface area contributed by atoms with E-state index >= 15 is 0 Å². The van der Waals surface area contributed by atoms with Gasteiger partial charge in [0.25, 0.3) is 5.91 Å². The number of anilines is 1. The van der Waals surface area contributed by atoms with E-state index in [0.717, 1.165) is 11.3 Å². The highest BCUT2D eigenvalue weighted by Crippen LogP contribution is 2.28. The number of aromatic nitrogens is 3. The van der Waals surface area contributed by atoms with E-state index in [-0.39, 0.29) is 17.3 Å². The maximum atomic E-state index is 13.0. The van der Waals surface area contributed by atoms with Gasteiger partial charge < -0.3 is 15.8 Å². The molecule has 1 amide bonds. The first-order valence-corrected chi connectivity index (χ1v) is 10.6. The summed E-state index contributed by atoms with van der Waals surface area (Å²) in [5.74, 6) is 0.995. The zero-order valence-electron chi connectivity index (χ0n) is 18.4. The lowest BCUT2D eigenvalue weighted by molar-refractivity contribution is 0.0951. The number of hydrogen-bond donors (Lipinski definition) is 2. The van der Waals surface area contributed by atoms with Crippen LogP contribution in [0.5, 0.6) is 5.75 Å². The zero-order valence-corrected chi connectivity index (χ0v) is 18.4. The van der Waals surface area contributed by atoms with Gasteiger partial charge in [0.2, 0.25) is 0 Å². The third kappa shape index (κ3) is 4.25. The molecule has 8 heteroatoms. The van der Waals surface area contributed by atoms with Crippen LogP contribution in [0.3, 0.4) is 0 Å². The number of para-hydroxylation sites is 2. The SMILES string of the molecule is CCOc1ccc(C=Nn2c(N)c(C(=O)NCC(C)C)c3nc4ccccc4nc32)cc1. The number of hydrogen-bond acceptors (Lipinski definition) is 6. The Kier molecular flexibility index (Phi) is 6.02. The summed E-state index contributed by atoms with van der Waals surface area (Å²) in [4.78, 5) is 22.3. The molecule has 4 aromatic rings. The van der Waals surface area contributed by atoms with E-state index in [4.69, 9.17) is 15.5 Å². The van der Waals surface area contributed by atoms with Crippen LogP contribution in [-0.2, 0) is 0 Å². The second-order valence-corrected chi connectivity index (χ2v) is 7.81. The fraction of sp³-hybridized carbons (Fsp3) is 0.250. The van der Waals surface area contributed by atoms with Crippen LogP contribution in [0.15, 0.2) is 53.6 Å². The second-order valence-electron chi connectivity index (χ2n) is 7.81. The van der Waals surface area contributed by atoms with E-state index < -0.39 is 0 Å². The van der Waals surface area contributed by atoms with Crippen LogP contribution in [0, 0.1) is 5.92 Å². The lowest BCUT2D eigenvalue weighted by Gasteiger charge is -2.07. The first kappa shape index (κ1) is 21.3. The number of carbonyl (C=O) groups excluding carboxylic acids is 1. The number of nitrogens with two attached hydrogens (primary N) is 1. The molecule has 0 aliphatic rings. The van der Waals surface area contributed by atoms with Crippen LogP contribution in [0.2, 0.25) is 0 Å². The predicted octanol–water partition coefficient (Wildman–Crippen LogP) is 3.83. The van der Waals surface area contributed by atoms with Crippen molar-refractivity contribution in [1.29, 1.82) is 0 Å². The summed E-state index contributed by atoms with van der Waals surface area (Å²) in [5, 5.41) is 7.45. The standard InChI is InChI=1S/C24H26N6O2/c1-4-32-17-11-9-16(10-12-17)14-27-30-22(25)20(24(31)26-13-15(2)3)21-23(30)29-19-8-6-5-7-18(19)28-21/h5-12,14-15H,4,13,25H2,1-3H3,(H,26,31). The molecule has 4 rings (SSSR count). The number of amides is 1. The Bertz CT molecular complexity index is 1290. The normalized spacial score (nSPS) is 11.6. The number of nitrogen functional groups attached to an aromatic ring is 1. The maximum absolute atomic E-state index is 13.0. The van der Waals surface area contributed by atoms with Crippen molar-refractivity contribution in [2.75, 3.05) is 18.9 Å². The van der Waals surface area contributed by atoms with Crippen LogP contribution in [0.1, 0.15) is 36.7 Å². The fourth-order valence-corrected chi connectivity index (χ4v) is 3.31. The van der Waals surface area contributed by atoms with Crippen molar-refractivity contribution in [2.24, 2.45) is 11.0 Å². The van der Waals surface area contributed by atoms with Crippen molar-refractivity contribution >= 4 is 40.1 Å². The summed E-state index contributed by atoms with van der Waals surface area (Å²) < 4.78 is 6.95. The molecule has 0 spiro atoms. The minimum absolute atomic E-state index is 0.193. The van der Waals surface area contributed by atoms with Gasteiger partial charge in [-0.3, -0.25) is 4.79 Å². The molecule has 2 aromatic heterocycles. The molecular formula is C24H26N6O2. The minimum Gasteiger partial charge on any atom is -0.494 e. The lowest BCUT2D eigenvalue weighted by Crippen LogP contribution is -2.28. The Labute approximate surface area is 186 Å². The fourth-order valence-electron chi connectivity index (χ4n) is 3.31. The average molecular weight is 431 g/mol. The molecule has 0 radical (unpaired) electrons. The van der Waals surface area contributed by atoms with E-state index in [0.29, 0.717) is 41.3 Å². The van der Waals surface area contributed by atoms with Crippen molar-refractivity contribution in [1.82, 2.24) is 20.0 Å². The lowest BCUT2D eigenvalue weighted by atomic mass is 10.2. The van der Waals surface area contributed by atoms with E-state index in [1.165, 1.54) is 4.68 Å². The topological polar surface area (TPSA) is 107 Å². The van der Waals surface area contributed by atoms with Crippen molar-refractivity contribution in [3.05, 3.63) is 59.7 Å². The smallest absolute Gasteiger partial charge is 0.257 e. The van der Waals surface area contributed by atoms with Crippen LogP contribution in [0.4, 0.5) is 5.82 Å². The van der Waals surface area contributed by atoms with Crippen molar-refractivity contribution in [3.8, 4) is 5.75 Å². The third-order valence-corrected chi connectivity index (χ3v) is 4.89. The molecule has 2 aromatic carbocycles. The number of benzene rings is 2. The van der Waals surface area contributed by atoms with Gasteiger partial charge in [0.1, 0.15) is 22.6 Å². The minimum atomic E-state index is -0.291. The van der Waals surface area contributed by atoms with Gasteiger partial charge in [-0.15, -0.1) is 0 Å². The molecule has 0 saturated heterocycles. The summed E-state index contributed by atoms with van der Waals surface area (Å²) in [5.41, 5.74) is 9.77. The highest BCUT2D eigenvalue weighted by Gasteiger charge is 2.24. The van der Waals surface area contributed by atoms with Gasteiger partial charge in [0, 0.05) is 6.54 Å². The Morgan fingerprint density at radius 1 is 1.16 bits per heavy atom. The molecule has 0 saturated carbocycles. The Morgan fingerprint density at radius 2 is 1.84 bits per heavy atom. The molecular weight excluding hydrogens is 404 g/mol. The molecule has 0 atom stereocenters. The molecule has 3 N–H and O–H groups in total. The third-order valence-electron chi connectivity index (χ3n) is 4.89. The highest BCUT2D eigenvalue weighted by molar-refractivity contribution is 6.10. The number of nitrogens with one attached hydrogen (secondary N) is 1. The van der Waals surface area contributed by atoms with E-state index in [2.05, 4.69) is 15.4 Å². The van der Waals surface area contributed by atoms with Gasteiger partial charge >= 0.3 is 0 Å². The van der Waals surface area contributed by atoms with Gasteiger partial charge in [-0.1, -0.05) is 26.0 Å². The molecule has 0 aliphatic heterocycles. The molecule has 164 valence electrons. The monoisotopic (exact) mass is 430 g/mol. The molecule has 0 bridgehead atoms. The number of fused-ring (bicyclic) bond motifs is 2. The van der Waals surface area contributed by atoms with Crippen LogP contribution in [-0.4, -0.2) is 39.9 Å². The number of rotatable bonds is 7. The van der Waals surface area contributed by atoms with Crippen LogP contribution >= 0.6 is 0 Å². The largest absolute Gasteiger partial charge is 0.494 e. The van der Waals surface area contributed by atoms with Gasteiger partial charge in [-0.05, 0) is 54.8 Å². The second kappa shape index (κ2) is 9.05. The first-order valence-electron chi connectivity index (χ1n) is 10.6. The molecule has 0 aliphatic carbocycles. The molecule has 0 fully saturated rings. The van der Waals surface area contributed by atoms with E-state index in [1.807, 2.05) is 69.3 Å². The Balaban J connectivity index is 1.80. The molecule has 2 heterocycles. The van der Waals surface area contributed by atoms with Gasteiger partial charge in [-0.25, -0.2) is 9.97 Å². The van der Waals surface area contributed by atoms with Crippen molar-refractivity contribution in [2.45, 2.75) is 20.8 Å². The highest BCUT2D eigenvalue weighted by atomic mass is 16.5. The number of ether oxygens (including phenoxy) is 1. The predicted molar refractivity (Wildman–Crippen MR) is 127 cm³/mol. The Morgan fingerprint density at radius 3 is 2.50 bits per heavy atom. The van der Waals surface area contributed by atoms with E-state index in [9.17, 15) is 4.79 Å². The zero-order chi connectivity index (χ0) is 22.7. The van der Waals surface area contributed by atoms with Gasteiger partial charge in [0.05, 0.1) is 23.9 Å². The van der Waals surface area contributed by atoms with Gasteiger partial charge in [0.15, 0.2) is 5.65 Å². The Hall–Kier alpha value is -3.94. The molecule has 32 heavy (non-hydrogen) atoms. The summed E-state index contributed by atoms with van der Waals surface area (Å²) in [6.07, 6.45) is 1.66. The van der Waals surface area contributed by atoms with Crippen LogP contribution < -0.4 is 15.8 Å². The maximum Gasteiger partial charge on any atom is 0.257 e. The van der Waals surface area contributed by atoms with Gasteiger partial charge in [-0.2, -0.15) is 9.78 Å². The first-order chi connectivity index (χ1) is 15.5. The number of carbonyl (C=O) groups is 1. The van der Waals surface area contributed by atoms with Crippen molar-refractivity contribution in [3.63, 3.8) is 0 Å². The summed E-state index contributed by atoms with van der Waals surface area (Å²) in [6.45, 7) is 7.13. The summed E-state index contributed by atoms with van der Waals surface area (Å²) in [6, 6.07) is 15.0. The quantitative estimate of drug-likeness (QED) is 0.433. The summed E-state index contributed by atoms with van der Waals surface area (Å²) in [7, 11) is 0. The summed E-state index contributed by atoms with van der Waals surface area (Å²) >= 11 is 0. The van der Waals surface area contributed by atoms with Crippen molar-refractivity contribution < 1.29 is 9.53 Å². The van der Waals surface area contributed by atoms with Crippen LogP contribution in [0.25, 0.3) is 22.2 Å².